The van der Waals surface area contributed by atoms with Gasteiger partial charge >= 0.3 is 5.97 Å². The number of nitrogens with one attached hydrogen (secondary N) is 1. The summed E-state index contributed by atoms with van der Waals surface area (Å²) in [6, 6.07) is 9.31. The first-order valence-corrected chi connectivity index (χ1v) is 5.86. The van der Waals surface area contributed by atoms with Crippen LogP contribution in [-0.4, -0.2) is 23.0 Å². The van der Waals surface area contributed by atoms with E-state index < -0.39 is 5.97 Å². The Balaban J connectivity index is 2.07. The van der Waals surface area contributed by atoms with Crippen LogP contribution in [0.5, 0.6) is 0 Å². The van der Waals surface area contributed by atoms with Crippen LogP contribution >= 0.6 is 0 Å². The first-order chi connectivity index (χ1) is 9.72. The Morgan fingerprint density at radius 1 is 1.45 bits per heavy atom. The van der Waals surface area contributed by atoms with Gasteiger partial charge in [-0.2, -0.15) is 5.26 Å². The zero-order valence-corrected chi connectivity index (χ0v) is 10.8. The molecule has 1 heterocycles. The highest BCUT2D eigenvalue weighted by molar-refractivity contribution is 5.87. The van der Waals surface area contributed by atoms with E-state index in [0.29, 0.717) is 17.9 Å². The highest BCUT2D eigenvalue weighted by atomic mass is 16.5. The Kier molecular flexibility index (Phi) is 4.24. The zero-order valence-electron chi connectivity index (χ0n) is 10.8. The molecule has 1 N–H and O–H groups in total. The van der Waals surface area contributed by atoms with Gasteiger partial charge in [0, 0.05) is 6.54 Å². The van der Waals surface area contributed by atoms with E-state index in [-0.39, 0.29) is 5.69 Å². The smallest absolute Gasteiger partial charge is 0.358 e. The first-order valence-electron chi connectivity index (χ1n) is 5.86. The molecule has 0 amide bonds. The third kappa shape index (κ3) is 3.29. The molecule has 0 atom stereocenters. The van der Waals surface area contributed by atoms with Crippen molar-refractivity contribution >= 4 is 11.8 Å². The molecule has 0 fully saturated rings. The van der Waals surface area contributed by atoms with Gasteiger partial charge < -0.3 is 10.1 Å². The Bertz CT molecular complexity index is 664. The van der Waals surface area contributed by atoms with Gasteiger partial charge in [-0.25, -0.2) is 9.78 Å². The van der Waals surface area contributed by atoms with Gasteiger partial charge in [-0.15, -0.1) is 0 Å². The number of nitriles is 1. The van der Waals surface area contributed by atoms with E-state index in [1.54, 1.807) is 12.1 Å². The van der Waals surface area contributed by atoms with Crippen molar-refractivity contribution in [3.8, 4) is 6.07 Å². The van der Waals surface area contributed by atoms with E-state index in [1.807, 2.05) is 12.1 Å². The molecule has 1 aromatic carbocycles. The summed E-state index contributed by atoms with van der Waals surface area (Å²) in [5, 5.41) is 11.9. The summed E-state index contributed by atoms with van der Waals surface area (Å²) in [6.07, 6.45) is 2.86. The zero-order chi connectivity index (χ0) is 14.4. The predicted molar refractivity (Wildman–Crippen MR) is 71.9 cm³/mol. The second-order valence-corrected chi connectivity index (χ2v) is 3.95. The van der Waals surface area contributed by atoms with Gasteiger partial charge in [0.25, 0.3) is 0 Å². The Morgan fingerprint density at radius 3 is 3.05 bits per heavy atom. The number of ether oxygens (including phenoxy) is 1. The molecule has 0 aliphatic heterocycles. The molecule has 0 aliphatic rings. The van der Waals surface area contributed by atoms with Gasteiger partial charge in [-0.05, 0) is 17.7 Å². The third-order valence-electron chi connectivity index (χ3n) is 2.56. The van der Waals surface area contributed by atoms with Gasteiger partial charge in [0.1, 0.15) is 5.82 Å². The van der Waals surface area contributed by atoms with Crippen molar-refractivity contribution in [3.63, 3.8) is 0 Å². The summed E-state index contributed by atoms with van der Waals surface area (Å²) in [4.78, 5) is 19.3. The molecule has 20 heavy (non-hydrogen) atoms. The summed E-state index contributed by atoms with van der Waals surface area (Å²) >= 11 is 0. The van der Waals surface area contributed by atoms with Crippen LogP contribution in [0, 0.1) is 11.3 Å². The molecule has 0 saturated heterocycles. The monoisotopic (exact) mass is 268 g/mol. The lowest BCUT2D eigenvalue weighted by Gasteiger charge is -2.06. The van der Waals surface area contributed by atoms with Crippen molar-refractivity contribution in [3.05, 3.63) is 53.5 Å². The van der Waals surface area contributed by atoms with Crippen LogP contribution in [0.2, 0.25) is 0 Å². The number of hydrogen-bond acceptors (Lipinski definition) is 6. The topological polar surface area (TPSA) is 87.9 Å². The van der Waals surface area contributed by atoms with Crippen molar-refractivity contribution in [2.75, 3.05) is 12.4 Å². The van der Waals surface area contributed by atoms with Gasteiger partial charge in [0.05, 0.1) is 31.1 Å². The number of methoxy groups -OCH3 is 1. The second-order valence-electron chi connectivity index (χ2n) is 3.95. The first kappa shape index (κ1) is 13.5. The highest BCUT2D eigenvalue weighted by Crippen LogP contribution is 2.08. The number of nitrogens with zero attached hydrogens (tertiary/aromatic N) is 3. The van der Waals surface area contributed by atoms with Crippen molar-refractivity contribution in [2.45, 2.75) is 6.54 Å². The molecule has 0 aliphatic carbocycles. The van der Waals surface area contributed by atoms with Gasteiger partial charge in [0.2, 0.25) is 0 Å². The third-order valence-corrected chi connectivity index (χ3v) is 2.56. The van der Waals surface area contributed by atoms with Gasteiger partial charge in [-0.1, -0.05) is 12.1 Å². The Morgan fingerprint density at radius 2 is 2.30 bits per heavy atom. The minimum atomic E-state index is -0.535. The molecule has 0 radical (unpaired) electrons. The fraction of sp³-hybridized carbons (Fsp3) is 0.143. The number of aromatic nitrogens is 2. The number of anilines is 1. The number of hydrogen-bond donors (Lipinski definition) is 1. The lowest BCUT2D eigenvalue weighted by atomic mass is 10.1. The molecule has 1 aromatic heterocycles. The van der Waals surface area contributed by atoms with Gasteiger partial charge in [-0.3, -0.25) is 4.98 Å². The van der Waals surface area contributed by atoms with E-state index in [1.165, 1.54) is 19.5 Å². The minimum absolute atomic E-state index is 0.142. The fourth-order valence-electron chi connectivity index (χ4n) is 1.60. The quantitative estimate of drug-likeness (QED) is 0.850. The second kappa shape index (κ2) is 6.29. The number of carbonyl (C=O) groups is 1. The van der Waals surface area contributed by atoms with Crippen LogP contribution in [-0.2, 0) is 11.3 Å². The van der Waals surface area contributed by atoms with E-state index in [2.05, 4.69) is 26.1 Å². The summed E-state index contributed by atoms with van der Waals surface area (Å²) in [5.74, 6) is -0.0668. The standard InChI is InChI=1S/C14H12N4O2/c1-20-14(19)12-8-16-9-13(18-12)17-7-11-4-2-3-10(5-11)6-15/h2-5,8-9H,7H2,1H3,(H,17,18). The maximum absolute atomic E-state index is 11.3. The summed E-state index contributed by atoms with van der Waals surface area (Å²) < 4.78 is 4.58. The summed E-state index contributed by atoms with van der Waals surface area (Å²) in [7, 11) is 1.29. The van der Waals surface area contributed by atoms with Crippen LogP contribution in [0.25, 0.3) is 0 Å². The SMILES string of the molecule is COC(=O)c1cncc(NCc2cccc(C#N)c2)n1. The fourth-order valence-corrected chi connectivity index (χ4v) is 1.60. The number of esters is 1. The number of benzene rings is 1. The van der Waals surface area contributed by atoms with Crippen molar-refractivity contribution in [1.29, 1.82) is 5.26 Å². The maximum Gasteiger partial charge on any atom is 0.358 e. The minimum Gasteiger partial charge on any atom is -0.464 e. The molecule has 0 spiro atoms. The van der Waals surface area contributed by atoms with Crippen molar-refractivity contribution in [2.24, 2.45) is 0 Å². The van der Waals surface area contributed by atoms with Crippen LogP contribution in [0.3, 0.4) is 0 Å². The average Bonchev–Trinajstić information content (AvgIpc) is 2.52. The summed E-state index contributed by atoms with van der Waals surface area (Å²) in [6.45, 7) is 0.481. The summed E-state index contributed by atoms with van der Waals surface area (Å²) in [5.41, 5.74) is 1.68. The largest absolute Gasteiger partial charge is 0.464 e. The van der Waals surface area contributed by atoms with E-state index in [0.717, 1.165) is 5.56 Å². The molecule has 2 rings (SSSR count). The molecule has 6 nitrogen and oxygen atoms in total. The average molecular weight is 268 g/mol. The molecule has 6 heteroatoms. The Labute approximate surface area is 116 Å². The van der Waals surface area contributed by atoms with Gasteiger partial charge in [0.15, 0.2) is 5.69 Å². The van der Waals surface area contributed by atoms with E-state index in [4.69, 9.17) is 5.26 Å². The van der Waals surface area contributed by atoms with E-state index in [9.17, 15) is 4.79 Å². The molecular formula is C14H12N4O2. The molecule has 0 bridgehead atoms. The normalized spacial score (nSPS) is 9.60. The van der Waals surface area contributed by atoms with Crippen LogP contribution in [0.15, 0.2) is 36.7 Å². The molecule has 0 saturated carbocycles. The molecule has 100 valence electrons. The highest BCUT2D eigenvalue weighted by Gasteiger charge is 2.08. The molecule has 2 aromatic rings. The van der Waals surface area contributed by atoms with Crippen LogP contribution < -0.4 is 5.32 Å². The number of carbonyl (C=O) groups excluding carboxylic acids is 1. The molecular weight excluding hydrogens is 256 g/mol. The molecule has 0 unspecified atom stereocenters. The van der Waals surface area contributed by atoms with Crippen molar-refractivity contribution in [1.82, 2.24) is 9.97 Å². The predicted octanol–water partition coefficient (Wildman–Crippen LogP) is 1.75. The lowest BCUT2D eigenvalue weighted by molar-refractivity contribution is 0.0593. The number of rotatable bonds is 4. The lowest BCUT2D eigenvalue weighted by Crippen LogP contribution is -2.08. The van der Waals surface area contributed by atoms with Crippen molar-refractivity contribution < 1.29 is 9.53 Å². The Hall–Kier alpha value is -2.94. The van der Waals surface area contributed by atoms with E-state index >= 15 is 0 Å². The van der Waals surface area contributed by atoms with Crippen LogP contribution in [0.4, 0.5) is 5.82 Å². The van der Waals surface area contributed by atoms with Crippen LogP contribution in [0.1, 0.15) is 21.6 Å². The maximum atomic E-state index is 11.3.